The molecule has 1 aliphatic rings. The highest BCUT2D eigenvalue weighted by Gasteiger charge is 2.29. The van der Waals surface area contributed by atoms with Crippen LogP contribution in [0.5, 0.6) is 0 Å². The molecule has 0 saturated carbocycles. The highest BCUT2D eigenvalue weighted by Crippen LogP contribution is 2.38. The number of halogens is 1. The summed E-state index contributed by atoms with van der Waals surface area (Å²) in [6.45, 7) is 3.15. The van der Waals surface area contributed by atoms with E-state index in [1.165, 1.54) is 17.5 Å². The molecule has 6 heteroatoms. The van der Waals surface area contributed by atoms with Crippen molar-refractivity contribution >= 4 is 32.9 Å². The summed E-state index contributed by atoms with van der Waals surface area (Å²) >= 11 is 3.59. The molecule has 0 aliphatic carbocycles. The number of nitrogens with zero attached hydrogens (tertiary/aromatic N) is 5. The van der Waals surface area contributed by atoms with E-state index >= 15 is 0 Å². The van der Waals surface area contributed by atoms with Gasteiger partial charge in [0.1, 0.15) is 11.8 Å². The van der Waals surface area contributed by atoms with E-state index in [0.29, 0.717) is 6.04 Å². The molecule has 5 nitrogen and oxygen atoms in total. The summed E-state index contributed by atoms with van der Waals surface area (Å²) < 4.78 is 3.16. The number of rotatable bonds is 2. The van der Waals surface area contributed by atoms with Gasteiger partial charge in [-0.05, 0) is 37.0 Å². The van der Waals surface area contributed by atoms with Crippen molar-refractivity contribution in [3.05, 3.63) is 46.5 Å². The Bertz CT molecular complexity index is 873. The Morgan fingerprint density at radius 2 is 2.09 bits per heavy atom. The van der Waals surface area contributed by atoms with Crippen molar-refractivity contribution in [3.8, 4) is 0 Å². The Morgan fingerprint density at radius 3 is 2.91 bits per heavy atom. The third-order valence-electron chi connectivity index (χ3n) is 4.58. The second-order valence-electron chi connectivity index (χ2n) is 6.09. The number of hydrogen-bond donors (Lipinski definition) is 0. The minimum Gasteiger partial charge on any atom is -0.348 e. The molecule has 118 valence electrons. The molecular weight excluding hydrogens is 354 g/mol. The maximum absolute atomic E-state index is 4.58. The topological polar surface area (TPSA) is 46.8 Å². The van der Waals surface area contributed by atoms with Crippen molar-refractivity contribution in [2.45, 2.75) is 25.8 Å². The fourth-order valence-corrected chi connectivity index (χ4v) is 3.67. The zero-order chi connectivity index (χ0) is 16.0. The van der Waals surface area contributed by atoms with Gasteiger partial charge in [-0.2, -0.15) is 0 Å². The minimum atomic E-state index is 0.356. The summed E-state index contributed by atoms with van der Waals surface area (Å²) in [6, 6.07) is 6.98. The van der Waals surface area contributed by atoms with Crippen LogP contribution in [0.4, 0.5) is 5.82 Å². The number of aromatic nitrogens is 4. The van der Waals surface area contributed by atoms with Crippen LogP contribution < -0.4 is 4.90 Å². The molecule has 0 radical (unpaired) electrons. The quantitative estimate of drug-likeness (QED) is 0.687. The predicted molar refractivity (Wildman–Crippen MR) is 94.5 cm³/mol. The third-order valence-corrected chi connectivity index (χ3v) is 5.47. The SMILES string of the molecule is Cc1cc(C2CCCN2c2ncnc3ncn(C)c23)ccc1Br. The van der Waals surface area contributed by atoms with Gasteiger partial charge < -0.3 is 9.47 Å². The van der Waals surface area contributed by atoms with Crippen LogP contribution in [0.25, 0.3) is 11.2 Å². The first kappa shape index (κ1) is 14.6. The highest BCUT2D eigenvalue weighted by atomic mass is 79.9. The van der Waals surface area contributed by atoms with Crippen molar-refractivity contribution in [3.63, 3.8) is 0 Å². The van der Waals surface area contributed by atoms with E-state index in [1.807, 2.05) is 11.6 Å². The molecule has 1 aromatic carbocycles. The molecule has 0 bridgehead atoms. The molecule has 1 saturated heterocycles. The molecule has 0 spiro atoms. The lowest BCUT2D eigenvalue weighted by atomic mass is 10.0. The molecule has 0 N–H and O–H groups in total. The van der Waals surface area contributed by atoms with E-state index in [0.717, 1.165) is 34.4 Å². The third kappa shape index (κ3) is 2.41. The van der Waals surface area contributed by atoms with Crippen LogP contribution in [-0.2, 0) is 7.05 Å². The Balaban J connectivity index is 1.80. The average Bonchev–Trinajstić information content (AvgIpc) is 3.17. The Kier molecular flexibility index (Phi) is 3.56. The first-order valence-electron chi connectivity index (χ1n) is 7.80. The van der Waals surface area contributed by atoms with E-state index < -0.39 is 0 Å². The average molecular weight is 372 g/mol. The second-order valence-corrected chi connectivity index (χ2v) is 6.94. The summed E-state index contributed by atoms with van der Waals surface area (Å²) in [5.41, 5.74) is 4.38. The van der Waals surface area contributed by atoms with Crippen LogP contribution in [0.15, 0.2) is 35.3 Å². The standard InChI is InChI=1S/C17H18BrN5/c1-11-8-12(5-6-13(11)18)14-4-3-7-23(14)17-15-16(19-9-20-17)21-10-22(15)2/h5-6,8-10,14H,3-4,7H2,1-2H3. The largest absolute Gasteiger partial charge is 0.348 e. The van der Waals surface area contributed by atoms with Gasteiger partial charge in [-0.3, -0.25) is 0 Å². The van der Waals surface area contributed by atoms with Crippen molar-refractivity contribution in [2.75, 3.05) is 11.4 Å². The van der Waals surface area contributed by atoms with Crippen LogP contribution in [0.3, 0.4) is 0 Å². The minimum absolute atomic E-state index is 0.356. The van der Waals surface area contributed by atoms with Gasteiger partial charge in [0.25, 0.3) is 0 Å². The number of aryl methyl sites for hydroxylation is 2. The zero-order valence-electron chi connectivity index (χ0n) is 13.2. The van der Waals surface area contributed by atoms with Gasteiger partial charge in [-0.15, -0.1) is 0 Å². The molecule has 3 heterocycles. The maximum Gasteiger partial charge on any atom is 0.182 e. The number of imidazole rings is 1. The summed E-state index contributed by atoms with van der Waals surface area (Å²) in [4.78, 5) is 15.6. The highest BCUT2D eigenvalue weighted by molar-refractivity contribution is 9.10. The van der Waals surface area contributed by atoms with Gasteiger partial charge in [-0.1, -0.05) is 28.1 Å². The van der Waals surface area contributed by atoms with Crippen LogP contribution in [0.2, 0.25) is 0 Å². The van der Waals surface area contributed by atoms with E-state index in [1.54, 1.807) is 12.7 Å². The van der Waals surface area contributed by atoms with Crippen LogP contribution in [0.1, 0.15) is 30.0 Å². The fourth-order valence-electron chi connectivity index (χ4n) is 3.42. The molecule has 2 aromatic heterocycles. The molecule has 0 amide bonds. The maximum atomic E-state index is 4.58. The number of benzene rings is 1. The number of hydrogen-bond acceptors (Lipinski definition) is 4. The van der Waals surface area contributed by atoms with Gasteiger partial charge in [-0.25, -0.2) is 15.0 Å². The van der Waals surface area contributed by atoms with Gasteiger partial charge in [0, 0.05) is 18.1 Å². The van der Waals surface area contributed by atoms with Crippen molar-refractivity contribution in [2.24, 2.45) is 7.05 Å². The summed E-state index contributed by atoms with van der Waals surface area (Å²) in [5, 5.41) is 0. The monoisotopic (exact) mass is 371 g/mol. The van der Waals surface area contributed by atoms with Crippen LogP contribution in [-0.4, -0.2) is 26.1 Å². The normalized spacial score (nSPS) is 18.0. The van der Waals surface area contributed by atoms with Gasteiger partial charge in [0.05, 0.1) is 12.4 Å². The summed E-state index contributed by atoms with van der Waals surface area (Å²) in [5.74, 6) is 0.984. The number of fused-ring (bicyclic) bond motifs is 1. The summed E-state index contributed by atoms with van der Waals surface area (Å²) in [7, 11) is 2.00. The molecule has 23 heavy (non-hydrogen) atoms. The Labute approximate surface area is 143 Å². The fraction of sp³-hybridized carbons (Fsp3) is 0.353. The summed E-state index contributed by atoms with van der Waals surface area (Å²) in [6.07, 6.45) is 5.73. The van der Waals surface area contributed by atoms with Gasteiger partial charge >= 0.3 is 0 Å². The lowest BCUT2D eigenvalue weighted by Gasteiger charge is -2.27. The zero-order valence-corrected chi connectivity index (χ0v) is 14.8. The van der Waals surface area contributed by atoms with Gasteiger partial charge in [0.2, 0.25) is 0 Å². The number of anilines is 1. The lowest BCUT2D eigenvalue weighted by Crippen LogP contribution is -2.24. The molecule has 1 aliphatic heterocycles. The van der Waals surface area contributed by atoms with Crippen molar-refractivity contribution in [1.29, 1.82) is 0 Å². The van der Waals surface area contributed by atoms with Crippen molar-refractivity contribution < 1.29 is 0 Å². The first-order chi connectivity index (χ1) is 11.1. The molecule has 4 rings (SSSR count). The van der Waals surface area contributed by atoms with Gasteiger partial charge in [0.15, 0.2) is 11.5 Å². The Hall–Kier alpha value is -1.95. The van der Waals surface area contributed by atoms with E-state index in [2.05, 4.69) is 60.9 Å². The van der Waals surface area contributed by atoms with E-state index in [4.69, 9.17) is 0 Å². The first-order valence-corrected chi connectivity index (χ1v) is 8.59. The predicted octanol–water partition coefficient (Wildman–Crippen LogP) is 3.78. The molecule has 1 atom stereocenters. The molecular formula is C17H18BrN5. The van der Waals surface area contributed by atoms with Crippen molar-refractivity contribution in [1.82, 2.24) is 19.5 Å². The second kappa shape index (κ2) is 5.60. The van der Waals surface area contributed by atoms with Crippen LogP contribution in [0, 0.1) is 6.92 Å². The lowest BCUT2D eigenvalue weighted by molar-refractivity contribution is 0.710. The Morgan fingerprint density at radius 1 is 1.22 bits per heavy atom. The smallest absolute Gasteiger partial charge is 0.182 e. The van der Waals surface area contributed by atoms with Crippen LogP contribution >= 0.6 is 15.9 Å². The molecule has 1 unspecified atom stereocenters. The van der Waals surface area contributed by atoms with E-state index in [-0.39, 0.29) is 0 Å². The van der Waals surface area contributed by atoms with E-state index in [9.17, 15) is 0 Å². The molecule has 3 aromatic rings. The molecule has 1 fully saturated rings.